The van der Waals surface area contributed by atoms with Gasteiger partial charge in [-0.15, -0.1) is 6.58 Å². The third kappa shape index (κ3) is 3.09. The largest absolute Gasteiger partial charge is 0.362 e. The van der Waals surface area contributed by atoms with Crippen molar-refractivity contribution in [2.24, 2.45) is 0 Å². The number of benzene rings is 1. The highest BCUT2D eigenvalue weighted by atomic mass is 16.5. The van der Waals surface area contributed by atoms with Crippen LogP contribution in [0.2, 0.25) is 0 Å². The Morgan fingerprint density at radius 1 is 1.20 bits per heavy atom. The monoisotopic (exact) mass is 267 g/mol. The smallest absolute Gasteiger partial charge is 0.0977 e. The first-order valence-corrected chi connectivity index (χ1v) is 7.25. The van der Waals surface area contributed by atoms with Crippen molar-refractivity contribution in [3.63, 3.8) is 0 Å². The van der Waals surface area contributed by atoms with E-state index in [2.05, 4.69) is 60.0 Å². The fourth-order valence-electron chi connectivity index (χ4n) is 2.85. The van der Waals surface area contributed by atoms with Crippen molar-refractivity contribution >= 4 is 0 Å². The summed E-state index contributed by atoms with van der Waals surface area (Å²) in [6.07, 6.45) is 10.3. The van der Waals surface area contributed by atoms with E-state index in [9.17, 15) is 0 Å². The number of nitrogens with zero attached hydrogens (tertiary/aromatic N) is 1. The molecule has 0 saturated carbocycles. The molecule has 0 radical (unpaired) electrons. The minimum Gasteiger partial charge on any atom is -0.362 e. The molecule has 1 aromatic rings. The lowest BCUT2D eigenvalue weighted by Gasteiger charge is -2.19. The van der Waals surface area contributed by atoms with Crippen molar-refractivity contribution in [3.05, 3.63) is 72.4 Å². The van der Waals surface area contributed by atoms with Crippen molar-refractivity contribution in [1.29, 1.82) is 0 Å². The number of rotatable bonds is 6. The fraction of sp³-hybridized carbons (Fsp3) is 0.333. The Kier molecular flexibility index (Phi) is 4.14. The predicted octanol–water partition coefficient (Wildman–Crippen LogP) is 3.33. The average molecular weight is 267 g/mol. The molecule has 20 heavy (non-hydrogen) atoms. The van der Waals surface area contributed by atoms with Crippen LogP contribution in [0.1, 0.15) is 12.0 Å². The molecular weight excluding hydrogens is 246 g/mol. The molecule has 2 heterocycles. The number of hydrogen-bond acceptors (Lipinski definition) is 2. The van der Waals surface area contributed by atoms with Gasteiger partial charge in [0.1, 0.15) is 0 Å². The molecule has 0 aliphatic carbocycles. The van der Waals surface area contributed by atoms with Crippen molar-refractivity contribution < 1.29 is 4.74 Å². The van der Waals surface area contributed by atoms with E-state index in [0.29, 0.717) is 6.10 Å². The summed E-state index contributed by atoms with van der Waals surface area (Å²) in [5, 5.41) is 0. The molecule has 1 aromatic carbocycles. The molecule has 2 unspecified atom stereocenters. The molecule has 2 bridgehead atoms. The Bertz CT molecular complexity index is 517. The fourth-order valence-corrected chi connectivity index (χ4v) is 2.85. The van der Waals surface area contributed by atoms with Crippen molar-refractivity contribution in [3.8, 4) is 0 Å². The van der Waals surface area contributed by atoms with Gasteiger partial charge in [-0.25, -0.2) is 0 Å². The molecule has 2 heteroatoms. The van der Waals surface area contributed by atoms with E-state index >= 15 is 0 Å². The van der Waals surface area contributed by atoms with E-state index in [1.54, 1.807) is 0 Å². The van der Waals surface area contributed by atoms with Crippen LogP contribution in [0.4, 0.5) is 0 Å². The maximum Gasteiger partial charge on any atom is 0.0977 e. The van der Waals surface area contributed by atoms with Gasteiger partial charge in [0.2, 0.25) is 0 Å². The predicted molar refractivity (Wildman–Crippen MR) is 82.4 cm³/mol. The van der Waals surface area contributed by atoms with Crippen LogP contribution in [0.15, 0.2) is 66.8 Å². The molecule has 0 spiro atoms. The zero-order valence-corrected chi connectivity index (χ0v) is 11.7. The third-order valence-corrected chi connectivity index (χ3v) is 3.87. The summed E-state index contributed by atoms with van der Waals surface area (Å²) in [5.74, 6) is 0. The maximum absolute atomic E-state index is 5.78. The number of hydrogen-bond donors (Lipinski definition) is 0. The minimum absolute atomic E-state index is 0.238. The van der Waals surface area contributed by atoms with Gasteiger partial charge < -0.3 is 4.74 Å². The van der Waals surface area contributed by atoms with Crippen molar-refractivity contribution in [2.45, 2.75) is 25.2 Å². The standard InChI is InChI=1S/C18H21NO/c1-2-11-19(14-15-6-4-3-5-7-15)12-10-16-13-17-8-9-18(16)20-17/h2-10,17-18H,1,11-14H2/b16-10+. The lowest BCUT2D eigenvalue weighted by Crippen LogP contribution is -2.24. The number of fused-ring (bicyclic) bond motifs is 2. The molecule has 1 saturated heterocycles. The summed E-state index contributed by atoms with van der Waals surface area (Å²) >= 11 is 0. The normalized spacial score (nSPS) is 25.8. The molecule has 2 aliphatic heterocycles. The molecule has 104 valence electrons. The molecule has 3 rings (SSSR count). The van der Waals surface area contributed by atoms with E-state index in [4.69, 9.17) is 4.74 Å². The van der Waals surface area contributed by atoms with E-state index < -0.39 is 0 Å². The second-order valence-corrected chi connectivity index (χ2v) is 5.43. The minimum atomic E-state index is 0.238. The van der Waals surface area contributed by atoms with Crippen LogP contribution in [0, 0.1) is 0 Å². The van der Waals surface area contributed by atoms with Gasteiger partial charge >= 0.3 is 0 Å². The van der Waals surface area contributed by atoms with E-state index in [0.717, 1.165) is 26.1 Å². The topological polar surface area (TPSA) is 12.5 Å². The van der Waals surface area contributed by atoms with Crippen LogP contribution in [-0.4, -0.2) is 30.2 Å². The van der Waals surface area contributed by atoms with E-state index in [1.807, 2.05) is 6.08 Å². The Balaban J connectivity index is 1.61. The van der Waals surface area contributed by atoms with Gasteiger partial charge in [0.15, 0.2) is 0 Å². The lowest BCUT2D eigenvalue weighted by molar-refractivity contribution is 0.127. The van der Waals surface area contributed by atoms with Gasteiger partial charge in [0, 0.05) is 26.1 Å². The van der Waals surface area contributed by atoms with Crippen LogP contribution in [0.3, 0.4) is 0 Å². The first-order chi connectivity index (χ1) is 9.85. The van der Waals surface area contributed by atoms with Gasteiger partial charge in [-0.2, -0.15) is 0 Å². The SMILES string of the molecule is C=CCN(C/C=C1\CC2C=CC1O2)Cc1ccccc1. The Labute approximate surface area is 121 Å². The first kappa shape index (κ1) is 13.3. The molecule has 0 amide bonds. The highest BCUT2D eigenvalue weighted by molar-refractivity contribution is 5.29. The van der Waals surface area contributed by atoms with Crippen LogP contribution >= 0.6 is 0 Å². The third-order valence-electron chi connectivity index (χ3n) is 3.87. The molecular formula is C18H21NO. The second kappa shape index (κ2) is 6.21. The molecule has 2 nitrogen and oxygen atoms in total. The van der Waals surface area contributed by atoms with E-state index in [1.165, 1.54) is 11.1 Å². The zero-order chi connectivity index (χ0) is 13.8. The molecule has 1 fully saturated rings. The number of ether oxygens (including phenoxy) is 1. The summed E-state index contributed by atoms with van der Waals surface area (Å²) in [7, 11) is 0. The van der Waals surface area contributed by atoms with Gasteiger partial charge in [-0.1, -0.05) is 54.6 Å². The quantitative estimate of drug-likeness (QED) is 0.733. The Hall–Kier alpha value is -1.64. The van der Waals surface area contributed by atoms with Gasteiger partial charge in [0.05, 0.1) is 12.2 Å². The summed E-state index contributed by atoms with van der Waals surface area (Å²) in [6.45, 7) is 6.68. The molecule has 2 aliphatic rings. The maximum atomic E-state index is 5.78. The highest BCUT2D eigenvalue weighted by Gasteiger charge is 2.31. The summed E-state index contributed by atoms with van der Waals surface area (Å²) in [4.78, 5) is 2.39. The van der Waals surface area contributed by atoms with Crippen LogP contribution < -0.4 is 0 Å². The highest BCUT2D eigenvalue weighted by Crippen LogP contribution is 2.32. The van der Waals surface area contributed by atoms with Crippen LogP contribution in [0.25, 0.3) is 0 Å². The van der Waals surface area contributed by atoms with Crippen molar-refractivity contribution in [1.82, 2.24) is 4.90 Å². The molecule has 0 N–H and O–H groups in total. The van der Waals surface area contributed by atoms with Gasteiger partial charge in [-0.3, -0.25) is 4.90 Å². The zero-order valence-electron chi connectivity index (χ0n) is 11.7. The summed E-state index contributed by atoms with van der Waals surface area (Å²) in [6, 6.07) is 10.6. The average Bonchev–Trinajstić information content (AvgIpc) is 3.09. The van der Waals surface area contributed by atoms with E-state index in [-0.39, 0.29) is 6.10 Å². The second-order valence-electron chi connectivity index (χ2n) is 5.43. The Morgan fingerprint density at radius 3 is 2.70 bits per heavy atom. The van der Waals surface area contributed by atoms with Gasteiger partial charge in [-0.05, 0) is 11.1 Å². The molecule has 2 atom stereocenters. The van der Waals surface area contributed by atoms with Gasteiger partial charge in [0.25, 0.3) is 0 Å². The first-order valence-electron chi connectivity index (χ1n) is 7.25. The Morgan fingerprint density at radius 2 is 2.05 bits per heavy atom. The molecule has 0 aromatic heterocycles. The summed E-state index contributed by atoms with van der Waals surface area (Å²) in [5.41, 5.74) is 2.77. The van der Waals surface area contributed by atoms with Crippen LogP contribution in [-0.2, 0) is 11.3 Å². The summed E-state index contributed by atoms with van der Waals surface area (Å²) < 4.78 is 5.78. The lowest BCUT2D eigenvalue weighted by atomic mass is 10.0. The van der Waals surface area contributed by atoms with Crippen molar-refractivity contribution in [2.75, 3.05) is 13.1 Å². The van der Waals surface area contributed by atoms with Crippen LogP contribution in [0.5, 0.6) is 0 Å².